The first-order valence-corrected chi connectivity index (χ1v) is 12.3. The number of hydrogen-bond donors (Lipinski definition) is 3. The first-order valence-electron chi connectivity index (χ1n) is 12.3. The maximum Gasteiger partial charge on any atom is 0.407 e. The number of nitrogens with zero attached hydrogens (tertiary/aromatic N) is 1. The second-order valence-electron chi connectivity index (χ2n) is 9.11. The zero-order chi connectivity index (χ0) is 24.8. The Labute approximate surface area is 205 Å². The summed E-state index contributed by atoms with van der Waals surface area (Å²) in [7, 11) is 0. The second kappa shape index (κ2) is 11.4. The molecule has 0 aromatic heterocycles. The van der Waals surface area contributed by atoms with Crippen molar-refractivity contribution in [2.45, 2.75) is 50.6 Å². The topological polar surface area (TPSA) is 108 Å². The van der Waals surface area contributed by atoms with Crippen molar-refractivity contribution in [1.29, 1.82) is 0 Å². The van der Waals surface area contributed by atoms with Crippen LogP contribution in [0.4, 0.5) is 4.79 Å². The van der Waals surface area contributed by atoms with Crippen LogP contribution in [0.1, 0.15) is 49.7 Å². The molecule has 2 aliphatic carbocycles. The third kappa shape index (κ3) is 6.19. The average Bonchev–Trinajstić information content (AvgIpc) is 3.65. The van der Waals surface area contributed by atoms with E-state index in [2.05, 4.69) is 34.6 Å². The van der Waals surface area contributed by atoms with E-state index in [1.165, 1.54) is 12.8 Å². The van der Waals surface area contributed by atoms with Gasteiger partial charge in [0.05, 0.1) is 0 Å². The number of carbonyl (C=O) groups excluding carboxylic acids is 2. The summed E-state index contributed by atoms with van der Waals surface area (Å²) >= 11 is 0. The summed E-state index contributed by atoms with van der Waals surface area (Å²) in [5.41, 5.74) is 4.45. The predicted octanol–water partition coefficient (Wildman–Crippen LogP) is 3.36. The van der Waals surface area contributed by atoms with Gasteiger partial charge < -0.3 is 20.5 Å². The number of ether oxygens (including phenoxy) is 1. The number of benzene rings is 2. The molecule has 8 heteroatoms. The number of hydrogen-bond acceptors (Lipinski definition) is 5. The summed E-state index contributed by atoms with van der Waals surface area (Å²) in [5.74, 6) is -1.52. The van der Waals surface area contributed by atoms with E-state index in [0.717, 1.165) is 35.3 Å². The molecule has 0 spiro atoms. The van der Waals surface area contributed by atoms with E-state index in [1.807, 2.05) is 36.4 Å². The first kappa shape index (κ1) is 24.7. The molecule has 1 unspecified atom stereocenters. The van der Waals surface area contributed by atoms with Gasteiger partial charge in [0.15, 0.2) is 0 Å². The van der Waals surface area contributed by atoms with Crippen LogP contribution >= 0.6 is 0 Å². The van der Waals surface area contributed by atoms with Crippen LogP contribution in [0.15, 0.2) is 48.5 Å². The van der Waals surface area contributed by atoms with Crippen molar-refractivity contribution in [2.75, 3.05) is 26.2 Å². The standard InChI is InChI=1S/C27H33N3O5/c1-2-30(18-11-12-18)16-15-28-26(33)24(13-14-25(31)32)29-27(34)35-17-23-21-9-5-3-7-19(21)20-8-4-6-10-22(20)23/h3-10,18,23-24H,2,11-17H2,1H3,(H,28,33)(H,29,34)(H,31,32). The van der Waals surface area contributed by atoms with Gasteiger partial charge >= 0.3 is 12.1 Å². The molecular formula is C27H33N3O5. The lowest BCUT2D eigenvalue weighted by molar-refractivity contribution is -0.137. The fraction of sp³-hybridized carbons (Fsp3) is 0.444. The van der Waals surface area contributed by atoms with Gasteiger partial charge in [0, 0.05) is 31.5 Å². The largest absolute Gasteiger partial charge is 0.481 e. The Hall–Kier alpha value is -3.39. The van der Waals surface area contributed by atoms with E-state index in [9.17, 15) is 14.4 Å². The molecule has 2 aliphatic rings. The maximum atomic E-state index is 12.7. The normalized spacial score (nSPS) is 15.3. The fourth-order valence-electron chi connectivity index (χ4n) is 4.80. The third-order valence-corrected chi connectivity index (χ3v) is 6.77. The summed E-state index contributed by atoms with van der Waals surface area (Å²) in [6.07, 6.45) is 1.40. The van der Waals surface area contributed by atoms with Crippen molar-refractivity contribution in [3.63, 3.8) is 0 Å². The minimum absolute atomic E-state index is 0.00845. The number of amides is 2. The van der Waals surface area contributed by atoms with Gasteiger partial charge in [-0.1, -0.05) is 55.5 Å². The number of carboxylic acid groups (broad SMARTS) is 1. The molecule has 2 amide bonds. The van der Waals surface area contributed by atoms with Crippen molar-refractivity contribution in [2.24, 2.45) is 0 Å². The minimum Gasteiger partial charge on any atom is -0.481 e. The van der Waals surface area contributed by atoms with Crippen LogP contribution in [0, 0.1) is 0 Å². The highest BCUT2D eigenvalue weighted by atomic mass is 16.5. The quantitative estimate of drug-likeness (QED) is 0.431. The van der Waals surface area contributed by atoms with Crippen LogP contribution in [-0.2, 0) is 14.3 Å². The van der Waals surface area contributed by atoms with Crippen molar-refractivity contribution in [3.05, 3.63) is 59.7 Å². The minimum atomic E-state index is -1.02. The Bertz CT molecular complexity index is 1020. The van der Waals surface area contributed by atoms with Gasteiger partial charge in [0.25, 0.3) is 0 Å². The molecule has 35 heavy (non-hydrogen) atoms. The number of nitrogens with one attached hydrogen (secondary N) is 2. The van der Waals surface area contributed by atoms with Gasteiger partial charge in [-0.15, -0.1) is 0 Å². The molecule has 3 N–H and O–H groups in total. The molecule has 0 aliphatic heterocycles. The Kier molecular flexibility index (Phi) is 8.02. The molecule has 0 radical (unpaired) electrons. The highest BCUT2D eigenvalue weighted by Crippen LogP contribution is 2.44. The van der Waals surface area contributed by atoms with Gasteiger partial charge in [0.1, 0.15) is 12.6 Å². The Morgan fingerprint density at radius 1 is 1.06 bits per heavy atom. The number of rotatable bonds is 12. The Morgan fingerprint density at radius 2 is 1.69 bits per heavy atom. The highest BCUT2D eigenvalue weighted by molar-refractivity contribution is 5.86. The van der Waals surface area contributed by atoms with Crippen LogP contribution in [0.5, 0.6) is 0 Å². The van der Waals surface area contributed by atoms with Gasteiger partial charge in [-0.3, -0.25) is 14.5 Å². The third-order valence-electron chi connectivity index (χ3n) is 6.77. The van der Waals surface area contributed by atoms with Gasteiger partial charge in [-0.25, -0.2) is 4.79 Å². The fourth-order valence-corrected chi connectivity index (χ4v) is 4.80. The number of alkyl carbamates (subject to hydrolysis) is 1. The molecule has 186 valence electrons. The number of likely N-dealkylation sites (N-methyl/N-ethyl adjacent to an activating group) is 1. The SMILES string of the molecule is CCN(CCNC(=O)C(CCC(=O)O)NC(=O)OCC1c2ccccc2-c2ccccc21)C1CC1. The second-order valence-corrected chi connectivity index (χ2v) is 9.11. The predicted molar refractivity (Wildman–Crippen MR) is 132 cm³/mol. The summed E-state index contributed by atoms with van der Waals surface area (Å²) in [6, 6.07) is 15.7. The molecule has 4 rings (SSSR count). The van der Waals surface area contributed by atoms with Crippen molar-refractivity contribution in [3.8, 4) is 11.1 Å². The lowest BCUT2D eigenvalue weighted by Gasteiger charge is -2.22. The van der Waals surface area contributed by atoms with Crippen LogP contribution in [0.25, 0.3) is 11.1 Å². The van der Waals surface area contributed by atoms with Gasteiger partial charge in [-0.05, 0) is 48.1 Å². The molecule has 1 atom stereocenters. The molecule has 0 heterocycles. The van der Waals surface area contributed by atoms with Crippen molar-refractivity contribution >= 4 is 18.0 Å². The molecule has 1 saturated carbocycles. The lowest BCUT2D eigenvalue weighted by atomic mass is 9.98. The molecule has 0 bridgehead atoms. The Morgan fingerprint density at radius 3 is 2.26 bits per heavy atom. The average molecular weight is 480 g/mol. The van der Waals surface area contributed by atoms with Crippen molar-refractivity contribution < 1.29 is 24.2 Å². The molecule has 2 aromatic carbocycles. The summed E-state index contributed by atoms with van der Waals surface area (Å²) in [5, 5.41) is 14.5. The number of carboxylic acids is 1. The van der Waals surface area contributed by atoms with Gasteiger partial charge in [0.2, 0.25) is 5.91 Å². The van der Waals surface area contributed by atoms with E-state index < -0.39 is 24.0 Å². The van der Waals surface area contributed by atoms with Crippen LogP contribution < -0.4 is 10.6 Å². The van der Waals surface area contributed by atoms with E-state index >= 15 is 0 Å². The summed E-state index contributed by atoms with van der Waals surface area (Å²) in [6.45, 7) is 4.30. The van der Waals surface area contributed by atoms with E-state index in [0.29, 0.717) is 12.6 Å². The number of carbonyl (C=O) groups is 3. The first-order chi connectivity index (χ1) is 17.0. The van der Waals surface area contributed by atoms with E-state index in [-0.39, 0.29) is 25.4 Å². The molecule has 0 saturated heterocycles. The summed E-state index contributed by atoms with van der Waals surface area (Å²) in [4.78, 5) is 38.8. The molecule has 1 fully saturated rings. The highest BCUT2D eigenvalue weighted by Gasteiger charge is 2.30. The van der Waals surface area contributed by atoms with Crippen LogP contribution in [0.3, 0.4) is 0 Å². The monoisotopic (exact) mass is 479 g/mol. The summed E-state index contributed by atoms with van der Waals surface area (Å²) < 4.78 is 5.54. The van der Waals surface area contributed by atoms with Crippen LogP contribution in [-0.4, -0.2) is 66.3 Å². The smallest absolute Gasteiger partial charge is 0.407 e. The van der Waals surface area contributed by atoms with Crippen molar-refractivity contribution in [1.82, 2.24) is 15.5 Å². The molecule has 2 aromatic rings. The maximum absolute atomic E-state index is 12.7. The number of fused-ring (bicyclic) bond motifs is 3. The number of aliphatic carboxylic acids is 1. The zero-order valence-corrected chi connectivity index (χ0v) is 20.0. The van der Waals surface area contributed by atoms with E-state index in [1.54, 1.807) is 0 Å². The van der Waals surface area contributed by atoms with Gasteiger partial charge in [-0.2, -0.15) is 0 Å². The lowest BCUT2D eigenvalue weighted by Crippen LogP contribution is -2.48. The Balaban J connectivity index is 1.33. The zero-order valence-electron chi connectivity index (χ0n) is 20.0. The van der Waals surface area contributed by atoms with E-state index in [4.69, 9.17) is 9.84 Å². The molecular weight excluding hydrogens is 446 g/mol. The molecule has 8 nitrogen and oxygen atoms in total. The van der Waals surface area contributed by atoms with Crippen LogP contribution in [0.2, 0.25) is 0 Å².